The van der Waals surface area contributed by atoms with Crippen LogP contribution in [0.5, 0.6) is 0 Å². The van der Waals surface area contributed by atoms with Crippen molar-refractivity contribution >= 4 is 17.4 Å². The SMILES string of the molecule is Cc1cccc(C2CCN(C(=O)C3CN(c4c5c(nc6ccnn46)CCNCC5)C3)CC2)c1. The molecule has 0 atom stereocenters. The molecule has 6 rings (SSSR count). The predicted octanol–water partition coefficient (Wildman–Crippen LogP) is 2.57. The molecular weight excluding hydrogens is 412 g/mol. The maximum atomic E-state index is 13.3. The van der Waals surface area contributed by atoms with Gasteiger partial charge in [0.2, 0.25) is 5.91 Å². The normalized spacial score (nSPS) is 19.9. The molecule has 7 heteroatoms. The second kappa shape index (κ2) is 8.45. The van der Waals surface area contributed by atoms with Gasteiger partial charge in [-0.15, -0.1) is 0 Å². The number of benzene rings is 1. The van der Waals surface area contributed by atoms with Crippen molar-refractivity contribution in [1.82, 2.24) is 24.8 Å². The Kier molecular flexibility index (Phi) is 5.29. The van der Waals surface area contributed by atoms with Gasteiger partial charge in [-0.1, -0.05) is 29.8 Å². The first kappa shape index (κ1) is 20.7. The number of piperidine rings is 1. The van der Waals surface area contributed by atoms with Gasteiger partial charge >= 0.3 is 0 Å². The van der Waals surface area contributed by atoms with E-state index >= 15 is 0 Å². The van der Waals surface area contributed by atoms with Crippen LogP contribution in [0.15, 0.2) is 36.5 Å². The van der Waals surface area contributed by atoms with E-state index in [1.165, 1.54) is 22.4 Å². The molecule has 2 saturated heterocycles. The van der Waals surface area contributed by atoms with E-state index in [0.29, 0.717) is 11.8 Å². The number of carbonyl (C=O) groups excluding carboxylic acids is 1. The van der Waals surface area contributed by atoms with E-state index < -0.39 is 0 Å². The molecule has 0 saturated carbocycles. The van der Waals surface area contributed by atoms with Crippen molar-refractivity contribution in [2.75, 3.05) is 44.2 Å². The van der Waals surface area contributed by atoms with E-state index in [1.54, 1.807) is 0 Å². The third-order valence-corrected chi connectivity index (χ3v) is 7.63. The fourth-order valence-corrected chi connectivity index (χ4v) is 5.76. The van der Waals surface area contributed by atoms with Crippen molar-refractivity contribution < 1.29 is 4.79 Å². The van der Waals surface area contributed by atoms with Crippen molar-refractivity contribution in [3.63, 3.8) is 0 Å². The van der Waals surface area contributed by atoms with Gasteiger partial charge in [0.05, 0.1) is 17.8 Å². The summed E-state index contributed by atoms with van der Waals surface area (Å²) in [5, 5.41) is 8.04. The van der Waals surface area contributed by atoms with Gasteiger partial charge in [-0.05, 0) is 44.2 Å². The van der Waals surface area contributed by atoms with Gasteiger partial charge in [0.15, 0.2) is 5.65 Å². The summed E-state index contributed by atoms with van der Waals surface area (Å²) >= 11 is 0. The minimum atomic E-state index is 0.0823. The number of anilines is 1. The lowest BCUT2D eigenvalue weighted by atomic mass is 9.87. The summed E-state index contributed by atoms with van der Waals surface area (Å²) in [5.41, 5.74) is 6.11. The number of hydrogen-bond acceptors (Lipinski definition) is 5. The largest absolute Gasteiger partial charge is 0.354 e. The molecule has 3 aromatic rings. The van der Waals surface area contributed by atoms with E-state index in [4.69, 9.17) is 4.98 Å². The molecular formula is C26H32N6O. The van der Waals surface area contributed by atoms with Crippen LogP contribution in [-0.4, -0.2) is 64.7 Å². The number of aryl methyl sites for hydroxylation is 1. The average Bonchev–Trinajstić information content (AvgIpc) is 3.14. The van der Waals surface area contributed by atoms with Crippen LogP contribution in [0.1, 0.15) is 41.1 Å². The first-order chi connectivity index (χ1) is 16.2. The van der Waals surface area contributed by atoms with Crippen LogP contribution in [-0.2, 0) is 17.6 Å². The van der Waals surface area contributed by atoms with Gasteiger partial charge in [0.25, 0.3) is 0 Å². The maximum absolute atomic E-state index is 13.3. The molecule has 2 fully saturated rings. The van der Waals surface area contributed by atoms with E-state index in [-0.39, 0.29) is 5.92 Å². The minimum absolute atomic E-state index is 0.0823. The monoisotopic (exact) mass is 444 g/mol. The van der Waals surface area contributed by atoms with Crippen LogP contribution >= 0.6 is 0 Å². The summed E-state index contributed by atoms with van der Waals surface area (Å²) in [5.74, 6) is 2.12. The molecule has 2 aromatic heterocycles. The van der Waals surface area contributed by atoms with Crippen LogP contribution in [0.25, 0.3) is 5.65 Å². The minimum Gasteiger partial charge on any atom is -0.354 e. The quantitative estimate of drug-likeness (QED) is 0.673. The van der Waals surface area contributed by atoms with Gasteiger partial charge in [-0.25, -0.2) is 4.98 Å². The Balaban J connectivity index is 1.13. The van der Waals surface area contributed by atoms with Gasteiger partial charge < -0.3 is 15.1 Å². The predicted molar refractivity (Wildman–Crippen MR) is 129 cm³/mol. The fraction of sp³-hybridized carbons (Fsp3) is 0.500. The molecule has 3 aliphatic heterocycles. The van der Waals surface area contributed by atoms with Crippen LogP contribution in [0.4, 0.5) is 5.82 Å². The van der Waals surface area contributed by atoms with Crippen molar-refractivity contribution in [1.29, 1.82) is 0 Å². The Hall–Kier alpha value is -2.93. The highest BCUT2D eigenvalue weighted by Crippen LogP contribution is 2.34. The van der Waals surface area contributed by atoms with Crippen LogP contribution in [0.3, 0.4) is 0 Å². The maximum Gasteiger partial charge on any atom is 0.229 e. The van der Waals surface area contributed by atoms with Crippen LogP contribution in [0, 0.1) is 12.8 Å². The zero-order valence-electron chi connectivity index (χ0n) is 19.3. The summed E-state index contributed by atoms with van der Waals surface area (Å²) in [6, 6.07) is 10.8. The van der Waals surface area contributed by atoms with Crippen molar-refractivity contribution in [3.8, 4) is 0 Å². The number of aromatic nitrogens is 3. The van der Waals surface area contributed by atoms with Gasteiger partial charge in [-0.3, -0.25) is 4.79 Å². The Morgan fingerprint density at radius 1 is 1.09 bits per heavy atom. The van der Waals surface area contributed by atoms with Crippen molar-refractivity contribution in [2.24, 2.45) is 5.92 Å². The molecule has 7 nitrogen and oxygen atoms in total. The molecule has 1 N–H and O–H groups in total. The molecule has 0 spiro atoms. The standard InChI is InChI=1S/C26H32N6O/c1-18-3-2-4-20(15-18)19-8-13-30(14-9-19)26(33)21-16-31(17-21)25-22-5-10-27-11-6-23(22)29-24-7-12-28-32(24)25/h2-4,7,12,15,19,21,27H,5-6,8-11,13-14,16-17H2,1H3. The van der Waals surface area contributed by atoms with Crippen molar-refractivity contribution in [3.05, 3.63) is 58.9 Å². The summed E-state index contributed by atoms with van der Waals surface area (Å²) in [6.45, 7) is 7.36. The second-order valence-electron chi connectivity index (χ2n) is 9.83. The number of likely N-dealkylation sites (tertiary alicyclic amines) is 1. The van der Waals surface area contributed by atoms with Crippen molar-refractivity contribution in [2.45, 2.75) is 38.5 Å². The zero-order chi connectivity index (χ0) is 22.4. The first-order valence-electron chi connectivity index (χ1n) is 12.3. The Labute approximate surface area is 194 Å². The number of amides is 1. The molecule has 33 heavy (non-hydrogen) atoms. The lowest BCUT2D eigenvalue weighted by Gasteiger charge is -2.44. The Morgan fingerprint density at radius 3 is 2.73 bits per heavy atom. The smallest absolute Gasteiger partial charge is 0.229 e. The summed E-state index contributed by atoms with van der Waals surface area (Å²) in [6.07, 6.45) is 5.84. The molecule has 0 aliphatic carbocycles. The van der Waals surface area contributed by atoms with E-state index in [2.05, 4.69) is 51.4 Å². The topological polar surface area (TPSA) is 65.8 Å². The first-order valence-corrected chi connectivity index (χ1v) is 12.3. The molecule has 172 valence electrons. The second-order valence-corrected chi connectivity index (χ2v) is 9.83. The van der Waals surface area contributed by atoms with Crippen LogP contribution in [0.2, 0.25) is 0 Å². The molecule has 1 amide bonds. The summed E-state index contributed by atoms with van der Waals surface area (Å²) < 4.78 is 1.97. The zero-order valence-corrected chi connectivity index (χ0v) is 19.3. The number of hydrogen-bond donors (Lipinski definition) is 1. The molecule has 0 unspecified atom stereocenters. The number of rotatable bonds is 3. The Morgan fingerprint density at radius 2 is 1.91 bits per heavy atom. The highest BCUT2D eigenvalue weighted by Gasteiger charge is 2.39. The van der Waals surface area contributed by atoms with Crippen LogP contribution < -0.4 is 10.2 Å². The van der Waals surface area contributed by atoms with E-state index in [1.807, 2.05) is 16.8 Å². The van der Waals surface area contributed by atoms with E-state index in [0.717, 1.165) is 76.4 Å². The molecule has 3 aliphatic rings. The Bertz CT molecular complexity index is 1170. The number of carbonyl (C=O) groups is 1. The lowest BCUT2D eigenvalue weighted by molar-refractivity contribution is -0.137. The third kappa shape index (κ3) is 3.78. The number of nitrogens with zero attached hydrogens (tertiary/aromatic N) is 5. The number of nitrogens with one attached hydrogen (secondary N) is 1. The summed E-state index contributed by atoms with van der Waals surface area (Å²) in [4.78, 5) is 22.6. The fourth-order valence-electron chi connectivity index (χ4n) is 5.76. The molecule has 5 heterocycles. The summed E-state index contributed by atoms with van der Waals surface area (Å²) in [7, 11) is 0. The average molecular weight is 445 g/mol. The molecule has 1 aromatic carbocycles. The highest BCUT2D eigenvalue weighted by atomic mass is 16.2. The lowest BCUT2D eigenvalue weighted by Crippen LogP contribution is -2.56. The van der Waals surface area contributed by atoms with Gasteiger partial charge in [-0.2, -0.15) is 9.61 Å². The number of fused-ring (bicyclic) bond motifs is 2. The van der Waals surface area contributed by atoms with E-state index in [9.17, 15) is 4.79 Å². The molecule has 0 radical (unpaired) electrons. The highest BCUT2D eigenvalue weighted by molar-refractivity contribution is 5.82. The van der Waals surface area contributed by atoms with Gasteiger partial charge in [0.1, 0.15) is 5.82 Å². The molecule has 0 bridgehead atoms. The third-order valence-electron chi connectivity index (χ3n) is 7.63. The van der Waals surface area contributed by atoms with Gasteiger partial charge in [0, 0.05) is 50.8 Å².